The van der Waals surface area contributed by atoms with Crippen molar-refractivity contribution in [2.45, 2.75) is 164 Å². The molecular weight excluding hydrogens is 1410 g/mol. The van der Waals surface area contributed by atoms with Crippen LogP contribution in [-0.2, 0) is 49.1 Å². The van der Waals surface area contributed by atoms with Crippen molar-refractivity contribution in [2.24, 2.45) is 11.8 Å². The number of carbonyl (C=O) groups excluding carboxylic acids is 3. The third-order valence-corrected chi connectivity index (χ3v) is 18.3. The zero-order valence-corrected chi connectivity index (χ0v) is 63.0. The smallest absolute Gasteiger partial charge is 0.870 e. The Morgan fingerprint density at radius 2 is 0.913 bits per heavy atom. The number of likely N-dealkylation sites (tertiary alicyclic amines) is 2. The average Bonchev–Trinajstić information content (AvgIpc) is 0.771. The quantitative estimate of drug-likeness (QED) is 0.0248. The van der Waals surface area contributed by atoms with Gasteiger partial charge in [0.25, 0.3) is 11.1 Å². The van der Waals surface area contributed by atoms with E-state index in [-0.39, 0.29) is 129 Å². The number of methoxy groups -OCH3 is 2. The number of hydrogen-bond acceptors (Lipinski definition) is 12. The molecule has 0 radical (unpaired) electrons. The Morgan fingerprint density at radius 1 is 0.558 bits per heavy atom. The van der Waals surface area contributed by atoms with Crippen LogP contribution in [0.15, 0.2) is 70.5 Å². The van der Waals surface area contributed by atoms with E-state index < -0.39 is 130 Å². The summed E-state index contributed by atoms with van der Waals surface area (Å²) in [5, 5.41) is 14.8. The van der Waals surface area contributed by atoms with Crippen LogP contribution in [0.4, 0.5) is 43.9 Å². The summed E-state index contributed by atoms with van der Waals surface area (Å²) in [5.74, 6) is -7.93. The van der Waals surface area contributed by atoms with Crippen LogP contribution in [0.5, 0.6) is 11.5 Å². The van der Waals surface area contributed by atoms with Crippen molar-refractivity contribution in [2.75, 3.05) is 60.1 Å². The molecule has 0 spiro atoms. The van der Waals surface area contributed by atoms with E-state index in [4.69, 9.17) is 14.2 Å². The number of pyridine rings is 2. The summed E-state index contributed by atoms with van der Waals surface area (Å²) in [6, 6.07) is 4.33. The number of carboxylic acids is 1. The molecule has 0 bridgehead atoms. The number of rotatable bonds is 27. The fourth-order valence-electron chi connectivity index (χ4n) is 13.0. The van der Waals surface area contributed by atoms with E-state index in [2.05, 4.69) is 10.6 Å². The van der Waals surface area contributed by atoms with E-state index >= 15 is 17.6 Å². The maximum atomic E-state index is 16.8. The predicted octanol–water partition coefficient (Wildman–Crippen LogP) is 11.4. The molecule has 104 heavy (non-hydrogen) atoms. The molecule has 6 aromatic rings. The molecular formula is C74H93F10LiN6O11S2. The van der Waals surface area contributed by atoms with Crippen LogP contribution >= 0.6 is 27.0 Å². The first-order chi connectivity index (χ1) is 46.9. The van der Waals surface area contributed by atoms with Gasteiger partial charge in [-0.25, -0.2) is 17.6 Å². The summed E-state index contributed by atoms with van der Waals surface area (Å²) in [7, 11) is 2.91. The SMILES string of the molecule is CCOC(=O)C[C@H](NC(=O)C(CC(C)C)n1cc(CCN2CCC2)c(C(F)(F)F)cc1=O)c1c(F)c(C)cc(-c2c(C)ccc(OC)c2C)c1F.COc1ccc(C)c(-c2cc(C)c(F)c([C@H](CC(=O)O)NC(=O)C(CC(C)C)n3cc(CCN4CCC4)c(C(F)(F)F)cc3=O)c2F)c1C.S.S.[Li+].[OH-]. The first-order valence-electron chi connectivity index (χ1n) is 33.3. The summed E-state index contributed by atoms with van der Waals surface area (Å²) in [5.41, 5.74) is -2.62. The van der Waals surface area contributed by atoms with Gasteiger partial charge >= 0.3 is 43.2 Å². The summed E-state index contributed by atoms with van der Waals surface area (Å²) < 4.78 is 167. The predicted molar refractivity (Wildman–Crippen MR) is 381 cm³/mol. The fraction of sp³-hybridized carbons (Fsp3) is 0.486. The number of carboxylic acid groups (broad SMARTS) is 1. The van der Waals surface area contributed by atoms with Crippen LogP contribution < -0.4 is 50.1 Å². The zero-order valence-electron chi connectivity index (χ0n) is 61.0. The van der Waals surface area contributed by atoms with Gasteiger partial charge in [-0.15, -0.1) is 0 Å². The Bertz CT molecular complexity index is 4150. The number of esters is 1. The van der Waals surface area contributed by atoms with Crippen molar-refractivity contribution in [1.29, 1.82) is 0 Å². The van der Waals surface area contributed by atoms with Gasteiger partial charge in [-0.05, 0) is 205 Å². The molecule has 4 N–H and O–H groups in total. The van der Waals surface area contributed by atoms with Crippen molar-refractivity contribution in [3.8, 4) is 33.8 Å². The van der Waals surface area contributed by atoms with E-state index in [1.54, 1.807) is 86.6 Å². The van der Waals surface area contributed by atoms with Crippen LogP contribution in [0.3, 0.4) is 0 Å². The molecule has 2 fully saturated rings. The second-order valence-corrected chi connectivity index (χ2v) is 26.6. The number of aliphatic carboxylic acids is 1. The number of aryl methyl sites for hydroxylation is 4. The number of alkyl halides is 6. The first kappa shape index (κ1) is 90.9. The zero-order chi connectivity index (χ0) is 74.2. The molecule has 30 heteroatoms. The number of aromatic nitrogens is 2. The number of nitrogens with zero attached hydrogens (tertiary/aromatic N) is 4. The van der Waals surface area contributed by atoms with E-state index in [0.717, 1.165) is 60.5 Å². The number of halogens is 10. The molecule has 568 valence electrons. The Kier molecular flexibility index (Phi) is 34.0. The van der Waals surface area contributed by atoms with E-state index in [9.17, 15) is 60.2 Å². The van der Waals surface area contributed by atoms with Crippen molar-refractivity contribution in [3.05, 3.63) is 172 Å². The molecule has 0 saturated carbocycles. The molecule has 4 atom stereocenters. The maximum absolute atomic E-state index is 16.8. The minimum atomic E-state index is -4.82. The number of benzene rings is 4. The molecule has 2 saturated heterocycles. The van der Waals surface area contributed by atoms with Gasteiger partial charge in [-0.2, -0.15) is 53.3 Å². The van der Waals surface area contributed by atoms with Gasteiger partial charge in [-0.1, -0.05) is 39.8 Å². The minimum absolute atomic E-state index is 0. The van der Waals surface area contributed by atoms with Crippen molar-refractivity contribution >= 4 is 50.7 Å². The Labute approximate surface area is 625 Å². The molecule has 4 aromatic carbocycles. The van der Waals surface area contributed by atoms with Gasteiger partial charge in [0.15, 0.2) is 0 Å². The van der Waals surface area contributed by atoms with E-state index in [1.165, 1.54) is 40.2 Å². The second-order valence-electron chi connectivity index (χ2n) is 26.6. The van der Waals surface area contributed by atoms with E-state index in [0.29, 0.717) is 70.1 Å². The summed E-state index contributed by atoms with van der Waals surface area (Å²) in [4.78, 5) is 83.6. The third-order valence-electron chi connectivity index (χ3n) is 18.3. The standard InChI is InChI=1S/C38H46F5N3O5.C36H42F5N3O5.Li.H2O.2H2S/c1-8-51-32(48)19-28(34-35(39)23(5)17-26(36(34)40)33-22(4)10-11-30(50-7)24(33)6)44-37(49)29(16-21(2)3)46-20-25(12-15-45-13-9-14-45)27(18-31(46)47)38(41,42)43;1-19(2)14-27(44-18-23(10-13-43-11-7-12-43)25(16-29(44)45)36(39,40)41)35(48)42-26(17-30(46)47)32-33(37)21(4)15-24(34(32)38)31-20(3)8-9-28(49-6)22(31)5;;;;/h10-11,17-18,20-21,28-29H,8-9,12-16,19H2,1-7H3,(H,44,49);8-9,15-16,18-19,26-27H,7,10-14,17H2,1-6H3,(H,42,48)(H,46,47);;3*1H2/q;;+1;;;/p-1/t28-,29?;26-,27?;;;;/m00..../s1. The third kappa shape index (κ3) is 21.7. The maximum Gasteiger partial charge on any atom is 1.00 e. The average molecular weight is 1500 g/mol. The van der Waals surface area contributed by atoms with Crippen LogP contribution in [0.2, 0.25) is 0 Å². The van der Waals surface area contributed by atoms with Crippen molar-refractivity contribution in [1.82, 2.24) is 29.6 Å². The van der Waals surface area contributed by atoms with Crippen LogP contribution in [0.1, 0.15) is 164 Å². The number of hydrogen-bond donors (Lipinski definition) is 3. The summed E-state index contributed by atoms with van der Waals surface area (Å²) in [6.45, 7) is 21.9. The largest absolute Gasteiger partial charge is 1.00 e. The summed E-state index contributed by atoms with van der Waals surface area (Å²) in [6.07, 6.45) is -7.30. The topological polar surface area (TPSA) is 221 Å². The molecule has 2 aromatic heterocycles. The minimum Gasteiger partial charge on any atom is -0.870 e. The van der Waals surface area contributed by atoms with Gasteiger partial charge < -0.3 is 54.4 Å². The van der Waals surface area contributed by atoms with Gasteiger partial charge in [0.2, 0.25) is 11.8 Å². The molecule has 2 aliphatic rings. The van der Waals surface area contributed by atoms with Gasteiger partial charge in [0.1, 0.15) is 46.9 Å². The normalized spacial score (nSPS) is 14.1. The molecule has 4 heterocycles. The van der Waals surface area contributed by atoms with Gasteiger partial charge in [0.05, 0.1) is 56.9 Å². The monoisotopic (exact) mass is 1500 g/mol. The molecule has 2 amide bonds. The second kappa shape index (κ2) is 38.8. The summed E-state index contributed by atoms with van der Waals surface area (Å²) >= 11 is 0. The molecule has 0 aliphatic carbocycles. The van der Waals surface area contributed by atoms with Gasteiger partial charge in [0, 0.05) is 59.9 Å². The van der Waals surface area contributed by atoms with Gasteiger partial charge in [-0.3, -0.25) is 28.8 Å². The molecule has 2 aliphatic heterocycles. The Hall–Kier alpha value is -7.26. The van der Waals surface area contributed by atoms with Crippen molar-refractivity contribution < 1.29 is 107 Å². The molecule has 2 unspecified atom stereocenters. The number of amides is 2. The van der Waals surface area contributed by atoms with Crippen LogP contribution in [0.25, 0.3) is 22.3 Å². The van der Waals surface area contributed by atoms with Crippen molar-refractivity contribution in [3.63, 3.8) is 0 Å². The van der Waals surface area contributed by atoms with Crippen LogP contribution in [0, 0.1) is 76.6 Å². The molecule has 8 rings (SSSR count). The first-order valence-corrected chi connectivity index (χ1v) is 33.3. The fourth-order valence-corrected chi connectivity index (χ4v) is 13.0. The number of nitrogens with one attached hydrogen (secondary N) is 2. The Morgan fingerprint density at radius 3 is 1.21 bits per heavy atom. The van der Waals surface area contributed by atoms with Crippen LogP contribution in [-0.4, -0.2) is 113 Å². The number of ether oxygens (including phenoxy) is 3. The number of carbonyl (C=O) groups is 4. The molecule has 17 nitrogen and oxygen atoms in total. The van der Waals surface area contributed by atoms with E-state index in [1.807, 2.05) is 9.80 Å². The Balaban J connectivity index is 0.000000521.